The lowest BCUT2D eigenvalue weighted by molar-refractivity contribution is 0.0930. The molecular formula is C15H19F2NO2. The van der Waals surface area contributed by atoms with Gasteiger partial charge in [-0.25, -0.2) is 8.78 Å². The van der Waals surface area contributed by atoms with E-state index >= 15 is 0 Å². The Morgan fingerprint density at radius 1 is 1.40 bits per heavy atom. The van der Waals surface area contributed by atoms with E-state index in [1.165, 1.54) is 0 Å². The highest BCUT2D eigenvalue weighted by molar-refractivity contribution is 5.37. The van der Waals surface area contributed by atoms with Crippen molar-refractivity contribution >= 4 is 0 Å². The van der Waals surface area contributed by atoms with Crippen LogP contribution in [0.15, 0.2) is 18.2 Å². The molecule has 0 bridgehead atoms. The van der Waals surface area contributed by atoms with E-state index in [-0.39, 0.29) is 13.0 Å². The van der Waals surface area contributed by atoms with Crippen molar-refractivity contribution in [2.45, 2.75) is 31.9 Å². The molecule has 1 aromatic rings. The van der Waals surface area contributed by atoms with E-state index in [9.17, 15) is 13.9 Å². The summed E-state index contributed by atoms with van der Waals surface area (Å²) in [5.41, 5.74) is 1.87. The molecule has 0 aromatic heterocycles. The predicted octanol–water partition coefficient (Wildman–Crippen LogP) is 2.42. The fourth-order valence-electron chi connectivity index (χ4n) is 2.71. The molecule has 1 N–H and O–H groups in total. The number of fused-ring (bicyclic) bond motifs is 1. The first-order valence-corrected chi connectivity index (χ1v) is 7.04. The van der Waals surface area contributed by atoms with E-state index in [2.05, 4.69) is 4.90 Å². The zero-order valence-corrected chi connectivity index (χ0v) is 11.3. The van der Waals surface area contributed by atoms with Gasteiger partial charge < -0.3 is 9.84 Å². The Kier molecular flexibility index (Phi) is 3.65. The summed E-state index contributed by atoms with van der Waals surface area (Å²) in [4.78, 5) is 2.15. The predicted molar refractivity (Wildman–Crippen MR) is 70.8 cm³/mol. The van der Waals surface area contributed by atoms with Gasteiger partial charge in [-0.3, -0.25) is 4.90 Å². The van der Waals surface area contributed by atoms with Crippen molar-refractivity contribution < 1.29 is 18.6 Å². The highest BCUT2D eigenvalue weighted by Gasteiger charge is 2.56. The third-order valence-electron chi connectivity index (χ3n) is 4.12. The van der Waals surface area contributed by atoms with Crippen LogP contribution < -0.4 is 4.74 Å². The Morgan fingerprint density at radius 3 is 2.90 bits per heavy atom. The molecule has 1 unspecified atom stereocenters. The molecule has 1 saturated carbocycles. The zero-order chi connectivity index (χ0) is 14.2. The van der Waals surface area contributed by atoms with Crippen molar-refractivity contribution in [3.63, 3.8) is 0 Å². The highest BCUT2D eigenvalue weighted by Crippen LogP contribution is 2.50. The molecule has 3 nitrogen and oxygen atoms in total. The summed E-state index contributed by atoms with van der Waals surface area (Å²) in [6.45, 7) is 2.70. The molecule has 0 spiro atoms. The Balaban J connectivity index is 1.63. The highest BCUT2D eigenvalue weighted by atomic mass is 19.3. The molecule has 1 fully saturated rings. The first-order valence-electron chi connectivity index (χ1n) is 7.04. The molecule has 5 heteroatoms. The van der Waals surface area contributed by atoms with Crippen molar-refractivity contribution in [3.8, 4) is 5.75 Å². The molecule has 1 heterocycles. The van der Waals surface area contributed by atoms with Crippen LogP contribution in [-0.2, 0) is 13.2 Å². The quantitative estimate of drug-likeness (QED) is 0.921. The Labute approximate surface area is 117 Å². The fourth-order valence-corrected chi connectivity index (χ4v) is 2.71. The van der Waals surface area contributed by atoms with Gasteiger partial charge in [0.05, 0.1) is 6.61 Å². The van der Waals surface area contributed by atoms with Crippen LogP contribution >= 0.6 is 0 Å². The van der Waals surface area contributed by atoms with Gasteiger partial charge in [0.2, 0.25) is 0 Å². The van der Waals surface area contributed by atoms with Crippen LogP contribution in [0.25, 0.3) is 0 Å². The Bertz CT molecular complexity index is 493. The van der Waals surface area contributed by atoms with E-state index in [0.29, 0.717) is 26.1 Å². The second kappa shape index (κ2) is 5.30. The van der Waals surface area contributed by atoms with Crippen LogP contribution in [0.5, 0.6) is 5.75 Å². The maximum Gasteiger partial charge on any atom is 0.251 e. The number of aliphatic hydroxyl groups is 1. The summed E-state index contributed by atoms with van der Waals surface area (Å²) in [6.07, 6.45) is 0.588. The maximum absolute atomic E-state index is 12.9. The largest absolute Gasteiger partial charge is 0.492 e. The minimum absolute atomic E-state index is 0.00156. The van der Waals surface area contributed by atoms with Crippen molar-refractivity contribution in [3.05, 3.63) is 29.3 Å². The number of hydrogen-bond acceptors (Lipinski definition) is 3. The Morgan fingerprint density at radius 2 is 2.20 bits per heavy atom. The summed E-state index contributed by atoms with van der Waals surface area (Å²) in [6, 6.07) is 5.65. The summed E-state index contributed by atoms with van der Waals surface area (Å²) in [5.74, 6) is -2.03. The zero-order valence-electron chi connectivity index (χ0n) is 11.3. The summed E-state index contributed by atoms with van der Waals surface area (Å²) >= 11 is 0. The van der Waals surface area contributed by atoms with Gasteiger partial charge in [0.15, 0.2) is 0 Å². The number of alkyl halides is 2. The van der Waals surface area contributed by atoms with Crippen molar-refractivity contribution in [1.82, 2.24) is 4.90 Å². The van der Waals surface area contributed by atoms with E-state index in [1.807, 2.05) is 18.2 Å². The van der Waals surface area contributed by atoms with Crippen LogP contribution in [0.3, 0.4) is 0 Å². The van der Waals surface area contributed by atoms with Crippen molar-refractivity contribution in [2.75, 3.05) is 19.7 Å². The van der Waals surface area contributed by atoms with E-state index in [4.69, 9.17) is 4.74 Å². The van der Waals surface area contributed by atoms with Gasteiger partial charge in [-0.2, -0.15) is 0 Å². The lowest BCUT2D eigenvalue weighted by atomic mass is 10.1. The molecule has 110 valence electrons. The average molecular weight is 283 g/mol. The molecule has 20 heavy (non-hydrogen) atoms. The minimum Gasteiger partial charge on any atom is -0.492 e. The number of halogens is 2. The van der Waals surface area contributed by atoms with Gasteiger partial charge in [0, 0.05) is 31.0 Å². The second-order valence-corrected chi connectivity index (χ2v) is 5.68. The number of benzene rings is 1. The van der Waals surface area contributed by atoms with E-state index < -0.39 is 11.8 Å². The summed E-state index contributed by atoms with van der Waals surface area (Å²) in [5, 5.41) is 9.18. The van der Waals surface area contributed by atoms with Crippen LogP contribution in [0.2, 0.25) is 0 Å². The van der Waals surface area contributed by atoms with E-state index in [1.54, 1.807) is 0 Å². The number of nitrogens with zero attached hydrogens (tertiary/aromatic N) is 1. The summed E-state index contributed by atoms with van der Waals surface area (Å²) < 4.78 is 31.5. The van der Waals surface area contributed by atoms with Crippen LogP contribution in [0.4, 0.5) is 8.78 Å². The Hall–Kier alpha value is -1.20. The molecule has 2 aliphatic rings. The molecule has 0 amide bonds. The standard InChI is InChI=1S/C15H19F2NO2/c16-15(17)8-13(15)3-4-18-5-6-20-14-2-1-11(10-19)7-12(14)9-18/h1-2,7,13,19H,3-6,8-10H2. The first kappa shape index (κ1) is 13.8. The number of ether oxygens (including phenoxy) is 1. The molecule has 1 aromatic carbocycles. The second-order valence-electron chi connectivity index (χ2n) is 5.68. The normalized spacial score (nSPS) is 24.6. The third kappa shape index (κ3) is 2.94. The van der Waals surface area contributed by atoms with Crippen molar-refractivity contribution in [2.24, 2.45) is 5.92 Å². The van der Waals surface area contributed by atoms with Crippen LogP contribution in [0, 0.1) is 5.92 Å². The van der Waals surface area contributed by atoms with Crippen molar-refractivity contribution in [1.29, 1.82) is 0 Å². The lowest BCUT2D eigenvalue weighted by Gasteiger charge is -2.19. The van der Waals surface area contributed by atoms with Gasteiger partial charge in [-0.15, -0.1) is 0 Å². The number of rotatable bonds is 4. The van der Waals surface area contributed by atoms with Crippen LogP contribution in [0.1, 0.15) is 24.0 Å². The summed E-state index contributed by atoms with van der Waals surface area (Å²) in [7, 11) is 0. The molecule has 1 aliphatic heterocycles. The van der Waals surface area contributed by atoms with Gasteiger partial charge in [-0.1, -0.05) is 6.07 Å². The van der Waals surface area contributed by atoms with Gasteiger partial charge >= 0.3 is 0 Å². The molecule has 0 saturated heterocycles. The molecule has 0 radical (unpaired) electrons. The lowest BCUT2D eigenvalue weighted by Crippen LogP contribution is -2.27. The molecule has 1 aliphatic carbocycles. The molecule has 3 rings (SSSR count). The fraction of sp³-hybridized carbons (Fsp3) is 0.600. The third-order valence-corrected chi connectivity index (χ3v) is 4.12. The van der Waals surface area contributed by atoms with E-state index in [0.717, 1.165) is 23.4 Å². The average Bonchev–Trinajstić information content (AvgIpc) is 3.09. The number of aliphatic hydroxyl groups excluding tert-OH is 1. The monoisotopic (exact) mass is 283 g/mol. The minimum atomic E-state index is -2.43. The maximum atomic E-state index is 12.9. The number of hydrogen-bond donors (Lipinski definition) is 1. The van der Waals surface area contributed by atoms with Crippen LogP contribution in [-0.4, -0.2) is 35.6 Å². The molecular weight excluding hydrogens is 264 g/mol. The van der Waals surface area contributed by atoms with Gasteiger partial charge in [-0.05, 0) is 30.7 Å². The topological polar surface area (TPSA) is 32.7 Å². The van der Waals surface area contributed by atoms with Gasteiger partial charge in [0.25, 0.3) is 5.92 Å². The SMILES string of the molecule is OCc1ccc2c(c1)CN(CCC1CC1(F)F)CCO2. The smallest absolute Gasteiger partial charge is 0.251 e. The molecule has 1 atom stereocenters. The van der Waals surface area contributed by atoms with Gasteiger partial charge in [0.1, 0.15) is 12.4 Å². The first-order chi connectivity index (χ1) is 9.58.